The van der Waals surface area contributed by atoms with Gasteiger partial charge in [-0.15, -0.1) is 0 Å². The first kappa shape index (κ1) is 20.2. The number of nitrogens with zero attached hydrogens (tertiary/aromatic N) is 2. The maximum absolute atomic E-state index is 13.3. The van der Waals surface area contributed by atoms with E-state index in [9.17, 15) is 4.79 Å². The van der Waals surface area contributed by atoms with Crippen molar-refractivity contribution in [2.24, 2.45) is 0 Å². The van der Waals surface area contributed by atoms with E-state index in [4.69, 9.17) is 25.8 Å². The lowest BCUT2D eigenvalue weighted by molar-refractivity contribution is 0.0731. The van der Waals surface area contributed by atoms with Gasteiger partial charge in [0, 0.05) is 31.5 Å². The molecule has 30 heavy (non-hydrogen) atoms. The second kappa shape index (κ2) is 8.32. The Balaban J connectivity index is 1.65. The lowest BCUT2D eigenvalue weighted by Crippen LogP contribution is -2.36. The molecule has 6 nitrogen and oxygen atoms in total. The molecule has 156 valence electrons. The third-order valence-corrected chi connectivity index (χ3v) is 5.69. The zero-order valence-corrected chi connectivity index (χ0v) is 17.9. The quantitative estimate of drug-likeness (QED) is 0.608. The van der Waals surface area contributed by atoms with Crippen molar-refractivity contribution in [2.45, 2.75) is 13.0 Å². The van der Waals surface area contributed by atoms with Gasteiger partial charge in [0.05, 0.1) is 37.6 Å². The summed E-state index contributed by atoms with van der Waals surface area (Å²) >= 11 is 6.51. The minimum atomic E-state index is -0.117. The molecule has 1 aliphatic heterocycles. The Morgan fingerprint density at radius 1 is 0.900 bits per heavy atom. The van der Waals surface area contributed by atoms with Gasteiger partial charge in [0.1, 0.15) is 5.75 Å². The molecule has 0 aliphatic carbocycles. The molecule has 1 amide bonds. The third-order valence-electron chi connectivity index (χ3n) is 5.39. The molecule has 0 atom stereocenters. The van der Waals surface area contributed by atoms with Crippen LogP contribution in [0.2, 0.25) is 5.02 Å². The summed E-state index contributed by atoms with van der Waals surface area (Å²) < 4.78 is 18.2. The molecular formula is C23H23ClN2O4. The van der Waals surface area contributed by atoms with Crippen LogP contribution in [-0.4, -0.2) is 43.2 Å². The van der Waals surface area contributed by atoms with E-state index in [0.717, 1.165) is 23.2 Å². The molecule has 1 aliphatic rings. The number of ether oxygens (including phenoxy) is 3. The molecule has 4 rings (SSSR count). The molecule has 1 aromatic heterocycles. The topological polar surface area (TPSA) is 52.9 Å². The fraction of sp³-hybridized carbons (Fsp3) is 0.261. The van der Waals surface area contributed by atoms with Crippen molar-refractivity contribution in [1.29, 1.82) is 0 Å². The number of aromatic nitrogens is 1. The number of carbonyl (C=O) groups is 1. The highest BCUT2D eigenvalue weighted by Gasteiger charge is 2.26. The fourth-order valence-corrected chi connectivity index (χ4v) is 4.06. The molecule has 0 spiro atoms. The van der Waals surface area contributed by atoms with Crippen molar-refractivity contribution in [2.75, 3.05) is 27.9 Å². The zero-order valence-electron chi connectivity index (χ0n) is 17.1. The molecule has 0 fully saturated rings. The van der Waals surface area contributed by atoms with Gasteiger partial charge in [-0.2, -0.15) is 0 Å². The van der Waals surface area contributed by atoms with Gasteiger partial charge in [-0.3, -0.25) is 4.79 Å². The minimum Gasteiger partial charge on any atom is -0.496 e. The Labute approximate surface area is 180 Å². The van der Waals surface area contributed by atoms with Crippen LogP contribution in [0.15, 0.2) is 48.8 Å². The smallest absolute Gasteiger partial charge is 0.257 e. The second-order valence-corrected chi connectivity index (χ2v) is 7.45. The van der Waals surface area contributed by atoms with Crippen LogP contribution in [0.1, 0.15) is 21.5 Å². The first-order chi connectivity index (χ1) is 14.5. The van der Waals surface area contributed by atoms with Gasteiger partial charge < -0.3 is 23.7 Å². The maximum Gasteiger partial charge on any atom is 0.257 e. The van der Waals surface area contributed by atoms with Crippen molar-refractivity contribution in [3.8, 4) is 22.9 Å². The number of fused-ring (bicyclic) bond motifs is 1. The summed E-state index contributed by atoms with van der Waals surface area (Å²) in [5.74, 6) is 1.73. The SMILES string of the molecule is COc1cc2c(cc1OC)CN(C(=O)c1cc(Cl)c(-n3cccc3)cc1OC)CC2. The first-order valence-electron chi connectivity index (χ1n) is 9.59. The molecule has 7 heteroatoms. The number of halogens is 1. The maximum atomic E-state index is 13.3. The molecule has 0 N–H and O–H groups in total. The summed E-state index contributed by atoms with van der Waals surface area (Å²) in [5.41, 5.74) is 3.41. The summed E-state index contributed by atoms with van der Waals surface area (Å²) in [6, 6.07) is 11.2. The Hall–Kier alpha value is -3.12. The van der Waals surface area contributed by atoms with Gasteiger partial charge in [-0.1, -0.05) is 11.6 Å². The average molecular weight is 427 g/mol. The number of carbonyl (C=O) groups excluding carboxylic acids is 1. The molecule has 0 saturated heterocycles. The van der Waals surface area contributed by atoms with E-state index in [2.05, 4.69) is 0 Å². The number of methoxy groups -OCH3 is 3. The van der Waals surface area contributed by atoms with Crippen LogP contribution in [0.4, 0.5) is 0 Å². The van der Waals surface area contributed by atoms with Crippen molar-refractivity contribution < 1.29 is 19.0 Å². The van der Waals surface area contributed by atoms with Gasteiger partial charge in [-0.25, -0.2) is 0 Å². The first-order valence-corrected chi connectivity index (χ1v) is 9.97. The molecule has 2 aromatic carbocycles. The molecule has 0 saturated carbocycles. The van der Waals surface area contributed by atoms with Crippen LogP contribution in [0, 0.1) is 0 Å². The van der Waals surface area contributed by atoms with Crippen LogP contribution in [0.3, 0.4) is 0 Å². The van der Waals surface area contributed by atoms with Crippen molar-refractivity contribution >= 4 is 17.5 Å². The van der Waals surface area contributed by atoms with E-state index >= 15 is 0 Å². The molecule has 2 heterocycles. The third kappa shape index (κ3) is 3.59. The van der Waals surface area contributed by atoms with Gasteiger partial charge in [0.2, 0.25) is 0 Å². The molecule has 0 unspecified atom stereocenters. The summed E-state index contributed by atoms with van der Waals surface area (Å²) in [4.78, 5) is 15.1. The summed E-state index contributed by atoms with van der Waals surface area (Å²) in [6.45, 7) is 1.08. The number of rotatable bonds is 5. The Kier molecular flexibility index (Phi) is 5.59. The molecular weight excluding hydrogens is 404 g/mol. The highest BCUT2D eigenvalue weighted by atomic mass is 35.5. The van der Waals surface area contributed by atoms with E-state index < -0.39 is 0 Å². The monoisotopic (exact) mass is 426 g/mol. The van der Waals surface area contributed by atoms with E-state index in [1.807, 2.05) is 41.2 Å². The number of benzene rings is 2. The second-order valence-electron chi connectivity index (χ2n) is 7.05. The Morgan fingerprint density at radius 2 is 1.53 bits per heavy atom. The normalized spacial score (nSPS) is 13.0. The predicted molar refractivity (Wildman–Crippen MR) is 115 cm³/mol. The standard InChI is InChI=1S/C23H23ClN2O4/c1-28-20-13-19(25-7-4-5-8-25)18(24)12-17(20)23(27)26-9-6-15-10-21(29-2)22(30-3)11-16(15)14-26/h4-5,7-8,10-13H,6,9,14H2,1-3H3. The van der Waals surface area contributed by atoms with Crippen molar-refractivity contribution in [3.05, 3.63) is 70.5 Å². The van der Waals surface area contributed by atoms with Gasteiger partial charge in [0.25, 0.3) is 5.91 Å². The highest BCUT2D eigenvalue weighted by molar-refractivity contribution is 6.33. The largest absolute Gasteiger partial charge is 0.496 e. The van der Waals surface area contributed by atoms with Crippen LogP contribution >= 0.6 is 11.6 Å². The summed E-state index contributed by atoms with van der Waals surface area (Å²) in [6.07, 6.45) is 4.52. The van der Waals surface area contributed by atoms with Crippen LogP contribution in [-0.2, 0) is 13.0 Å². The van der Waals surface area contributed by atoms with Crippen LogP contribution in [0.5, 0.6) is 17.2 Å². The molecule has 0 radical (unpaired) electrons. The van der Waals surface area contributed by atoms with Gasteiger partial charge >= 0.3 is 0 Å². The van der Waals surface area contributed by atoms with E-state index in [0.29, 0.717) is 40.9 Å². The Morgan fingerprint density at radius 3 is 2.17 bits per heavy atom. The summed E-state index contributed by atoms with van der Waals surface area (Å²) in [7, 11) is 4.79. The average Bonchev–Trinajstić information content (AvgIpc) is 3.31. The molecule has 3 aromatic rings. The van der Waals surface area contributed by atoms with E-state index in [1.165, 1.54) is 0 Å². The van der Waals surface area contributed by atoms with Gasteiger partial charge in [-0.05, 0) is 47.9 Å². The number of hydrogen-bond donors (Lipinski definition) is 0. The highest BCUT2D eigenvalue weighted by Crippen LogP contribution is 2.35. The summed E-state index contributed by atoms with van der Waals surface area (Å²) in [5, 5.41) is 0.485. The lowest BCUT2D eigenvalue weighted by atomic mass is 9.98. The van der Waals surface area contributed by atoms with E-state index in [1.54, 1.807) is 38.4 Å². The van der Waals surface area contributed by atoms with Gasteiger partial charge in [0.15, 0.2) is 11.5 Å². The zero-order chi connectivity index (χ0) is 21.3. The van der Waals surface area contributed by atoms with Crippen LogP contribution < -0.4 is 14.2 Å². The fourth-order valence-electron chi connectivity index (χ4n) is 3.80. The van der Waals surface area contributed by atoms with Crippen molar-refractivity contribution in [3.63, 3.8) is 0 Å². The van der Waals surface area contributed by atoms with E-state index in [-0.39, 0.29) is 5.91 Å². The lowest BCUT2D eigenvalue weighted by Gasteiger charge is -2.30. The predicted octanol–water partition coefficient (Wildman–Crippen LogP) is 4.36. The van der Waals surface area contributed by atoms with Crippen molar-refractivity contribution in [1.82, 2.24) is 9.47 Å². The number of amides is 1. The Bertz CT molecular complexity index is 1080. The molecule has 0 bridgehead atoms. The number of hydrogen-bond acceptors (Lipinski definition) is 4. The van der Waals surface area contributed by atoms with Crippen LogP contribution in [0.25, 0.3) is 5.69 Å². The minimum absolute atomic E-state index is 0.117.